The Labute approximate surface area is 122 Å². The van der Waals surface area contributed by atoms with E-state index in [2.05, 4.69) is 5.32 Å². The molecule has 0 spiro atoms. The Morgan fingerprint density at radius 3 is 2.55 bits per heavy atom. The zero-order valence-electron chi connectivity index (χ0n) is 12.5. The fourth-order valence-corrected chi connectivity index (χ4v) is 3.56. The van der Waals surface area contributed by atoms with Crippen molar-refractivity contribution in [2.45, 2.75) is 50.3 Å². The van der Waals surface area contributed by atoms with Crippen molar-refractivity contribution in [2.75, 3.05) is 18.1 Å². The third-order valence-corrected chi connectivity index (χ3v) is 5.34. The predicted octanol–water partition coefficient (Wildman–Crippen LogP) is 3.78. The molecule has 0 amide bonds. The summed E-state index contributed by atoms with van der Waals surface area (Å²) in [4.78, 5) is 0.392. The molecule has 0 radical (unpaired) electrons. The van der Waals surface area contributed by atoms with Crippen LogP contribution < -0.4 is 5.32 Å². The third kappa shape index (κ3) is 4.23. The van der Waals surface area contributed by atoms with Gasteiger partial charge in [-0.3, -0.25) is 0 Å². The molecule has 0 heterocycles. The third-order valence-electron chi connectivity index (χ3n) is 4.23. The van der Waals surface area contributed by atoms with Crippen molar-refractivity contribution >= 4 is 15.5 Å². The second kappa shape index (κ2) is 6.61. The topological polar surface area (TPSA) is 46.2 Å². The smallest absolute Gasteiger partial charge is 0.175 e. The van der Waals surface area contributed by atoms with Gasteiger partial charge in [-0.2, -0.15) is 0 Å². The summed E-state index contributed by atoms with van der Waals surface area (Å²) < 4.78 is 23.2. The Bertz CT molecular complexity index is 546. The predicted molar refractivity (Wildman–Crippen MR) is 84.0 cm³/mol. The quantitative estimate of drug-likeness (QED) is 0.899. The average molecular weight is 295 g/mol. The van der Waals surface area contributed by atoms with Gasteiger partial charge in [0.2, 0.25) is 0 Å². The van der Waals surface area contributed by atoms with Crippen LogP contribution in [0.4, 0.5) is 5.69 Å². The zero-order valence-corrected chi connectivity index (χ0v) is 13.3. The molecule has 0 atom stereocenters. The Morgan fingerprint density at radius 1 is 1.20 bits per heavy atom. The normalized spacial score (nSPS) is 17.1. The number of nitrogens with one attached hydrogen (secondary N) is 1. The van der Waals surface area contributed by atoms with E-state index in [1.165, 1.54) is 44.8 Å². The molecular weight excluding hydrogens is 270 g/mol. The summed E-state index contributed by atoms with van der Waals surface area (Å²) in [7, 11) is -3.13. The van der Waals surface area contributed by atoms with Gasteiger partial charge < -0.3 is 5.32 Å². The molecule has 4 heteroatoms. The molecular formula is C16H25NO2S. The summed E-state index contributed by atoms with van der Waals surface area (Å²) in [5.41, 5.74) is 2.05. The van der Waals surface area contributed by atoms with Gasteiger partial charge in [0.15, 0.2) is 9.84 Å². The molecule has 1 aromatic rings. The van der Waals surface area contributed by atoms with Crippen molar-refractivity contribution in [2.24, 2.45) is 5.92 Å². The van der Waals surface area contributed by atoms with Crippen molar-refractivity contribution in [3.8, 4) is 0 Å². The van der Waals surface area contributed by atoms with Crippen LogP contribution in [-0.4, -0.2) is 21.2 Å². The first-order chi connectivity index (χ1) is 9.47. The average Bonchev–Trinajstić information content (AvgIpc) is 2.41. The number of rotatable bonds is 5. The summed E-state index contributed by atoms with van der Waals surface area (Å²) >= 11 is 0. The van der Waals surface area contributed by atoms with E-state index in [1.54, 1.807) is 12.1 Å². The van der Waals surface area contributed by atoms with E-state index in [0.29, 0.717) is 4.90 Å². The van der Waals surface area contributed by atoms with E-state index >= 15 is 0 Å². The fraction of sp³-hybridized carbons (Fsp3) is 0.625. The van der Waals surface area contributed by atoms with Crippen LogP contribution in [0.2, 0.25) is 0 Å². The standard InChI is InChI=1S/C16H25NO2S/c1-13-8-9-15(20(2,18)19)12-16(13)17-11-10-14-6-4-3-5-7-14/h8-9,12,14,17H,3-7,10-11H2,1-2H3. The molecule has 0 aliphatic heterocycles. The molecule has 1 aliphatic carbocycles. The van der Waals surface area contributed by atoms with Crippen molar-refractivity contribution < 1.29 is 8.42 Å². The molecule has 1 saturated carbocycles. The number of sulfone groups is 1. The minimum absolute atomic E-state index is 0.392. The lowest BCUT2D eigenvalue weighted by molar-refractivity contribution is 0.345. The van der Waals surface area contributed by atoms with E-state index < -0.39 is 9.84 Å². The fourth-order valence-electron chi connectivity index (χ4n) is 2.91. The van der Waals surface area contributed by atoms with Crippen LogP contribution in [0.1, 0.15) is 44.1 Å². The number of benzene rings is 1. The maximum absolute atomic E-state index is 11.6. The van der Waals surface area contributed by atoms with E-state index in [9.17, 15) is 8.42 Å². The summed E-state index contributed by atoms with van der Waals surface area (Å²) in [6.07, 6.45) is 9.26. The molecule has 0 bridgehead atoms. The molecule has 1 fully saturated rings. The van der Waals surface area contributed by atoms with Crippen LogP contribution in [0, 0.1) is 12.8 Å². The van der Waals surface area contributed by atoms with Gasteiger partial charge >= 0.3 is 0 Å². The SMILES string of the molecule is Cc1ccc(S(C)(=O)=O)cc1NCCC1CCCCC1. The number of hydrogen-bond acceptors (Lipinski definition) is 3. The zero-order chi connectivity index (χ0) is 14.6. The van der Waals surface area contributed by atoms with Gasteiger partial charge in [-0.25, -0.2) is 8.42 Å². The van der Waals surface area contributed by atoms with Gasteiger partial charge in [-0.05, 0) is 37.0 Å². The highest BCUT2D eigenvalue weighted by molar-refractivity contribution is 7.90. The van der Waals surface area contributed by atoms with Gasteiger partial charge in [0.05, 0.1) is 4.90 Å². The van der Waals surface area contributed by atoms with E-state index in [-0.39, 0.29) is 0 Å². The molecule has 1 aliphatic rings. The summed E-state index contributed by atoms with van der Waals surface area (Å²) in [5, 5.41) is 3.41. The van der Waals surface area contributed by atoms with Crippen LogP contribution in [0.3, 0.4) is 0 Å². The van der Waals surface area contributed by atoms with Gasteiger partial charge in [0.1, 0.15) is 0 Å². The molecule has 1 N–H and O–H groups in total. The maximum Gasteiger partial charge on any atom is 0.175 e. The summed E-state index contributed by atoms with van der Waals surface area (Å²) in [6.45, 7) is 2.94. The minimum atomic E-state index is -3.13. The Balaban J connectivity index is 1.94. The Hall–Kier alpha value is -1.03. The van der Waals surface area contributed by atoms with Crippen LogP contribution in [0.25, 0.3) is 0 Å². The molecule has 2 rings (SSSR count). The van der Waals surface area contributed by atoms with Crippen LogP contribution in [0.5, 0.6) is 0 Å². The van der Waals surface area contributed by atoms with Gasteiger partial charge in [-0.15, -0.1) is 0 Å². The van der Waals surface area contributed by atoms with Crippen LogP contribution >= 0.6 is 0 Å². The van der Waals surface area contributed by atoms with Gasteiger partial charge in [0, 0.05) is 18.5 Å². The second-order valence-corrected chi connectivity index (χ2v) is 7.98. The maximum atomic E-state index is 11.6. The summed E-state index contributed by atoms with van der Waals surface area (Å²) in [6, 6.07) is 5.31. The van der Waals surface area contributed by atoms with E-state index in [0.717, 1.165) is 23.7 Å². The molecule has 0 aromatic heterocycles. The van der Waals surface area contributed by atoms with Crippen molar-refractivity contribution in [1.29, 1.82) is 0 Å². The molecule has 0 saturated heterocycles. The highest BCUT2D eigenvalue weighted by Gasteiger charge is 2.13. The number of hydrogen-bond donors (Lipinski definition) is 1. The van der Waals surface area contributed by atoms with Gasteiger partial charge in [0.25, 0.3) is 0 Å². The highest BCUT2D eigenvalue weighted by atomic mass is 32.2. The monoisotopic (exact) mass is 295 g/mol. The lowest BCUT2D eigenvalue weighted by atomic mass is 9.87. The molecule has 20 heavy (non-hydrogen) atoms. The first-order valence-corrected chi connectivity index (χ1v) is 9.40. The number of anilines is 1. The summed E-state index contributed by atoms with van der Waals surface area (Å²) in [5.74, 6) is 0.842. The highest BCUT2D eigenvalue weighted by Crippen LogP contribution is 2.26. The van der Waals surface area contributed by atoms with E-state index in [1.807, 2.05) is 13.0 Å². The van der Waals surface area contributed by atoms with Crippen molar-refractivity contribution in [1.82, 2.24) is 0 Å². The largest absolute Gasteiger partial charge is 0.385 e. The lowest BCUT2D eigenvalue weighted by Crippen LogP contribution is -2.13. The Morgan fingerprint density at radius 2 is 1.90 bits per heavy atom. The van der Waals surface area contributed by atoms with Crippen LogP contribution in [0.15, 0.2) is 23.1 Å². The second-order valence-electron chi connectivity index (χ2n) is 5.97. The molecule has 3 nitrogen and oxygen atoms in total. The molecule has 1 aromatic carbocycles. The van der Waals surface area contributed by atoms with Crippen molar-refractivity contribution in [3.63, 3.8) is 0 Å². The van der Waals surface area contributed by atoms with Gasteiger partial charge in [-0.1, -0.05) is 38.2 Å². The first kappa shape index (κ1) is 15.4. The first-order valence-electron chi connectivity index (χ1n) is 7.51. The molecule has 112 valence electrons. The Kier molecular flexibility index (Phi) is 5.08. The lowest BCUT2D eigenvalue weighted by Gasteiger charge is -2.22. The van der Waals surface area contributed by atoms with Crippen LogP contribution in [-0.2, 0) is 9.84 Å². The molecule has 0 unspecified atom stereocenters. The minimum Gasteiger partial charge on any atom is -0.385 e. The number of aryl methyl sites for hydroxylation is 1. The van der Waals surface area contributed by atoms with E-state index in [4.69, 9.17) is 0 Å². The van der Waals surface area contributed by atoms with Crippen molar-refractivity contribution in [3.05, 3.63) is 23.8 Å².